The van der Waals surface area contributed by atoms with Crippen molar-refractivity contribution in [3.8, 4) is 0 Å². The number of aromatic nitrogens is 2. The second kappa shape index (κ2) is 7.55. The average Bonchev–Trinajstić information content (AvgIpc) is 2.66. The highest BCUT2D eigenvalue weighted by Crippen LogP contribution is 2.50. The molecule has 2 aliphatic heterocycles. The molecule has 1 aromatic carbocycles. The number of halogens is 3. The molecule has 3 heterocycles. The lowest BCUT2D eigenvalue weighted by Gasteiger charge is -2.56. The Kier molecular flexibility index (Phi) is 4.96. The van der Waals surface area contributed by atoms with Gasteiger partial charge in [0.15, 0.2) is 0 Å². The first-order chi connectivity index (χ1) is 14.8. The smallest absolute Gasteiger partial charge is 0.391 e. The highest BCUT2D eigenvalue weighted by molar-refractivity contribution is 5.62. The standard InChI is InChI=1S/C22H26F3N5O/c23-22(24,25)18-11-26-20(28-19(18)30-13-21(14-30)8-2-9-21)27-15-4-6-16(7-5-15)29-10-1-3-17(31)12-29/h4-7,11,17,31H,1-3,8-10,12-14H2,(H,26,27,28). The van der Waals surface area contributed by atoms with Crippen LogP contribution in [0, 0.1) is 5.41 Å². The summed E-state index contributed by atoms with van der Waals surface area (Å²) in [5.74, 6) is 0.111. The van der Waals surface area contributed by atoms with Gasteiger partial charge >= 0.3 is 6.18 Å². The lowest BCUT2D eigenvalue weighted by atomic mass is 9.63. The van der Waals surface area contributed by atoms with E-state index >= 15 is 0 Å². The molecule has 0 radical (unpaired) electrons. The monoisotopic (exact) mass is 433 g/mol. The minimum absolute atomic E-state index is 0.0403. The summed E-state index contributed by atoms with van der Waals surface area (Å²) < 4.78 is 40.5. The van der Waals surface area contributed by atoms with Gasteiger partial charge in [-0.3, -0.25) is 0 Å². The van der Waals surface area contributed by atoms with E-state index in [1.807, 2.05) is 24.3 Å². The highest BCUT2D eigenvalue weighted by atomic mass is 19.4. The van der Waals surface area contributed by atoms with E-state index in [4.69, 9.17) is 0 Å². The zero-order chi connectivity index (χ0) is 21.6. The normalized spacial score (nSPS) is 22.8. The number of aliphatic hydroxyl groups is 1. The highest BCUT2D eigenvalue weighted by Gasteiger charge is 2.50. The van der Waals surface area contributed by atoms with Gasteiger partial charge in [-0.1, -0.05) is 6.42 Å². The van der Waals surface area contributed by atoms with Crippen LogP contribution in [-0.2, 0) is 6.18 Å². The molecule has 9 heteroatoms. The van der Waals surface area contributed by atoms with Crippen LogP contribution < -0.4 is 15.1 Å². The molecule has 6 nitrogen and oxygen atoms in total. The molecule has 1 aliphatic carbocycles. The number of nitrogens with zero attached hydrogens (tertiary/aromatic N) is 4. The molecule has 2 aromatic rings. The van der Waals surface area contributed by atoms with Gasteiger partial charge in [0.1, 0.15) is 11.4 Å². The Bertz CT molecular complexity index is 937. The van der Waals surface area contributed by atoms with Gasteiger partial charge in [0, 0.05) is 49.2 Å². The van der Waals surface area contributed by atoms with Crippen LogP contribution in [0.15, 0.2) is 30.5 Å². The second-order valence-corrected chi connectivity index (χ2v) is 9.05. The van der Waals surface area contributed by atoms with Gasteiger partial charge in [-0.25, -0.2) is 4.98 Å². The topological polar surface area (TPSA) is 64.5 Å². The van der Waals surface area contributed by atoms with Gasteiger partial charge in [-0.2, -0.15) is 18.2 Å². The van der Waals surface area contributed by atoms with E-state index in [0.717, 1.165) is 50.5 Å². The molecule has 1 saturated carbocycles. The molecule has 5 rings (SSSR count). The van der Waals surface area contributed by atoms with Crippen molar-refractivity contribution in [2.75, 3.05) is 41.3 Å². The molecule has 31 heavy (non-hydrogen) atoms. The van der Waals surface area contributed by atoms with Gasteiger partial charge in [-0.05, 0) is 49.9 Å². The molecule has 1 unspecified atom stereocenters. The molecule has 3 aliphatic rings. The lowest BCUT2D eigenvalue weighted by Crippen LogP contribution is -2.60. The van der Waals surface area contributed by atoms with Crippen LogP contribution in [0.25, 0.3) is 0 Å². The van der Waals surface area contributed by atoms with Crippen LogP contribution in [0.3, 0.4) is 0 Å². The van der Waals surface area contributed by atoms with Crippen molar-refractivity contribution in [3.63, 3.8) is 0 Å². The lowest BCUT2D eigenvalue weighted by molar-refractivity contribution is -0.137. The van der Waals surface area contributed by atoms with Gasteiger partial charge in [0.2, 0.25) is 5.95 Å². The third-order valence-electron chi connectivity index (χ3n) is 6.73. The van der Waals surface area contributed by atoms with Crippen molar-refractivity contribution in [1.29, 1.82) is 0 Å². The predicted octanol–water partition coefficient (Wildman–Crippen LogP) is 4.19. The molecule has 2 saturated heterocycles. The Morgan fingerprint density at radius 1 is 1.06 bits per heavy atom. The van der Waals surface area contributed by atoms with Crippen molar-refractivity contribution in [1.82, 2.24) is 9.97 Å². The zero-order valence-corrected chi connectivity index (χ0v) is 17.2. The third kappa shape index (κ3) is 4.03. The van der Waals surface area contributed by atoms with E-state index in [1.165, 1.54) is 0 Å². The number of nitrogens with one attached hydrogen (secondary N) is 1. The average molecular weight is 433 g/mol. The number of hydrogen-bond acceptors (Lipinski definition) is 6. The minimum Gasteiger partial charge on any atom is -0.391 e. The van der Waals surface area contributed by atoms with Crippen LogP contribution in [0.4, 0.5) is 36.3 Å². The van der Waals surface area contributed by atoms with Crippen molar-refractivity contribution in [2.45, 2.75) is 44.4 Å². The first-order valence-electron chi connectivity index (χ1n) is 10.8. The number of benzene rings is 1. The molecule has 1 spiro atoms. The number of β-amino-alcohol motifs (C(OH)–C–C–N with tert-alkyl or cyclic N) is 1. The predicted molar refractivity (Wildman–Crippen MR) is 113 cm³/mol. The van der Waals surface area contributed by atoms with Crippen molar-refractivity contribution in [3.05, 3.63) is 36.0 Å². The minimum atomic E-state index is -4.49. The fourth-order valence-corrected chi connectivity index (χ4v) is 4.85. The fourth-order valence-electron chi connectivity index (χ4n) is 4.85. The number of anilines is 4. The van der Waals surface area contributed by atoms with Crippen LogP contribution in [0.1, 0.15) is 37.7 Å². The van der Waals surface area contributed by atoms with E-state index in [2.05, 4.69) is 20.2 Å². The fraction of sp³-hybridized carbons (Fsp3) is 0.545. The van der Waals surface area contributed by atoms with Crippen molar-refractivity contribution >= 4 is 23.1 Å². The maximum absolute atomic E-state index is 13.5. The molecular formula is C22H26F3N5O. The summed E-state index contributed by atoms with van der Waals surface area (Å²) in [6, 6.07) is 7.57. The molecular weight excluding hydrogens is 407 g/mol. The molecule has 1 atom stereocenters. The van der Waals surface area contributed by atoms with Crippen LogP contribution >= 0.6 is 0 Å². The summed E-state index contributed by atoms with van der Waals surface area (Å²) >= 11 is 0. The molecule has 2 N–H and O–H groups in total. The maximum atomic E-state index is 13.5. The van der Waals surface area contributed by atoms with Crippen LogP contribution in [0.5, 0.6) is 0 Å². The number of rotatable bonds is 4. The summed E-state index contributed by atoms with van der Waals surface area (Å²) in [5.41, 5.74) is 1.11. The van der Waals surface area contributed by atoms with Crippen LogP contribution in [-0.4, -0.2) is 47.4 Å². The van der Waals surface area contributed by atoms with Gasteiger partial charge < -0.3 is 20.2 Å². The van der Waals surface area contributed by atoms with Crippen molar-refractivity contribution < 1.29 is 18.3 Å². The Balaban J connectivity index is 1.32. The first kappa shape index (κ1) is 20.4. The second-order valence-electron chi connectivity index (χ2n) is 9.05. The molecule has 0 amide bonds. The largest absolute Gasteiger partial charge is 0.421 e. The Morgan fingerprint density at radius 3 is 2.42 bits per heavy atom. The number of hydrogen-bond donors (Lipinski definition) is 2. The molecule has 0 bridgehead atoms. The number of piperidine rings is 1. The Hall–Kier alpha value is -2.55. The quantitative estimate of drug-likeness (QED) is 0.754. The maximum Gasteiger partial charge on any atom is 0.421 e. The molecule has 1 aromatic heterocycles. The van der Waals surface area contributed by atoms with E-state index in [-0.39, 0.29) is 23.3 Å². The SMILES string of the molecule is OC1CCCN(c2ccc(Nc3ncc(C(F)(F)F)c(N4CC5(CCC5)C4)n3)cc2)C1. The van der Waals surface area contributed by atoms with Crippen molar-refractivity contribution in [2.24, 2.45) is 5.41 Å². The van der Waals surface area contributed by atoms with Gasteiger partial charge in [-0.15, -0.1) is 0 Å². The Morgan fingerprint density at radius 2 is 1.81 bits per heavy atom. The van der Waals surface area contributed by atoms with E-state index < -0.39 is 11.7 Å². The van der Waals surface area contributed by atoms with Crippen LogP contribution in [0.2, 0.25) is 0 Å². The van der Waals surface area contributed by atoms with Gasteiger partial charge in [0.25, 0.3) is 0 Å². The van der Waals surface area contributed by atoms with E-state index in [1.54, 1.807) is 4.90 Å². The third-order valence-corrected chi connectivity index (χ3v) is 6.73. The summed E-state index contributed by atoms with van der Waals surface area (Å²) in [5, 5.41) is 12.9. The molecule has 3 fully saturated rings. The van der Waals surface area contributed by atoms with Gasteiger partial charge in [0.05, 0.1) is 6.10 Å². The first-order valence-corrected chi connectivity index (χ1v) is 10.8. The summed E-state index contributed by atoms with van der Waals surface area (Å²) in [6.45, 7) is 2.76. The van der Waals surface area contributed by atoms with E-state index in [9.17, 15) is 18.3 Å². The number of aliphatic hydroxyl groups excluding tert-OH is 1. The van der Waals surface area contributed by atoms with E-state index in [0.29, 0.717) is 25.3 Å². The summed E-state index contributed by atoms with van der Waals surface area (Å²) in [4.78, 5) is 12.0. The summed E-state index contributed by atoms with van der Waals surface area (Å²) in [6.07, 6.45) is 1.16. The zero-order valence-electron chi connectivity index (χ0n) is 17.2. The number of alkyl halides is 3. The molecule has 166 valence electrons. The Labute approximate surface area is 179 Å². The summed E-state index contributed by atoms with van der Waals surface area (Å²) in [7, 11) is 0.